The van der Waals surface area contributed by atoms with Gasteiger partial charge in [-0.1, -0.05) is 0 Å². The summed E-state index contributed by atoms with van der Waals surface area (Å²) >= 11 is 0. The molecule has 0 spiro atoms. The van der Waals surface area contributed by atoms with Gasteiger partial charge >= 0.3 is 6.09 Å². The number of nitrogens with two attached hydrogens (primary N) is 1. The minimum Gasteiger partial charge on any atom is -0.444 e. The van der Waals surface area contributed by atoms with Gasteiger partial charge in [0.2, 0.25) is 5.91 Å². The van der Waals surface area contributed by atoms with Gasteiger partial charge in [-0.05, 0) is 53.0 Å². The molecular formula is C15H29N3O4. The Bertz CT molecular complexity index is 381. The zero-order valence-corrected chi connectivity index (χ0v) is 13.8. The molecule has 2 atom stereocenters. The number of alkyl carbamates (subject to hydrolysis) is 1. The van der Waals surface area contributed by atoms with E-state index in [1.807, 2.05) is 0 Å². The molecule has 1 aliphatic rings. The second-order valence-electron chi connectivity index (χ2n) is 6.71. The fourth-order valence-electron chi connectivity index (χ4n) is 2.36. The van der Waals surface area contributed by atoms with E-state index in [0.717, 1.165) is 12.8 Å². The lowest BCUT2D eigenvalue weighted by atomic mass is 10.1. The second kappa shape index (κ2) is 8.33. The van der Waals surface area contributed by atoms with Crippen LogP contribution in [0.2, 0.25) is 0 Å². The Morgan fingerprint density at radius 3 is 2.59 bits per heavy atom. The van der Waals surface area contributed by atoms with Crippen molar-refractivity contribution in [2.75, 3.05) is 19.6 Å². The molecule has 0 aromatic heterocycles. The molecule has 0 aromatic rings. The minimum absolute atomic E-state index is 0.167. The smallest absolute Gasteiger partial charge is 0.408 e. The van der Waals surface area contributed by atoms with Crippen molar-refractivity contribution < 1.29 is 19.4 Å². The third-order valence-electron chi connectivity index (χ3n) is 3.41. The Labute approximate surface area is 132 Å². The number of ether oxygens (including phenoxy) is 1. The van der Waals surface area contributed by atoms with E-state index in [9.17, 15) is 14.7 Å². The van der Waals surface area contributed by atoms with Gasteiger partial charge in [0.15, 0.2) is 0 Å². The van der Waals surface area contributed by atoms with E-state index in [2.05, 4.69) is 5.32 Å². The molecule has 4 N–H and O–H groups in total. The molecule has 2 amide bonds. The Hall–Kier alpha value is -1.34. The zero-order valence-electron chi connectivity index (χ0n) is 13.8. The number of hydrogen-bond donors (Lipinski definition) is 3. The van der Waals surface area contributed by atoms with Gasteiger partial charge in [-0.25, -0.2) is 4.79 Å². The van der Waals surface area contributed by atoms with Gasteiger partial charge in [0.25, 0.3) is 0 Å². The average molecular weight is 315 g/mol. The van der Waals surface area contributed by atoms with Gasteiger partial charge in [-0.3, -0.25) is 4.79 Å². The molecule has 1 fully saturated rings. The van der Waals surface area contributed by atoms with Crippen molar-refractivity contribution in [1.29, 1.82) is 0 Å². The number of amides is 2. The van der Waals surface area contributed by atoms with Gasteiger partial charge in [-0.2, -0.15) is 0 Å². The van der Waals surface area contributed by atoms with E-state index in [1.54, 1.807) is 25.7 Å². The summed E-state index contributed by atoms with van der Waals surface area (Å²) in [5.74, 6) is -0.167. The first kappa shape index (κ1) is 18.7. The first-order valence-corrected chi connectivity index (χ1v) is 7.89. The zero-order chi connectivity index (χ0) is 16.8. The highest BCUT2D eigenvalue weighted by Gasteiger charge is 2.31. The Morgan fingerprint density at radius 2 is 2.09 bits per heavy atom. The summed E-state index contributed by atoms with van der Waals surface area (Å²) in [6.07, 6.45) is 1.56. The van der Waals surface area contributed by atoms with Crippen LogP contribution in [0.4, 0.5) is 4.79 Å². The number of nitrogens with zero attached hydrogens (tertiary/aromatic N) is 1. The van der Waals surface area contributed by atoms with Gasteiger partial charge in [0, 0.05) is 13.1 Å². The number of carbonyl (C=O) groups is 2. The Balaban J connectivity index is 2.62. The first-order chi connectivity index (χ1) is 10.2. The first-order valence-electron chi connectivity index (χ1n) is 7.89. The third kappa shape index (κ3) is 6.62. The van der Waals surface area contributed by atoms with Crippen molar-refractivity contribution in [1.82, 2.24) is 10.2 Å². The van der Waals surface area contributed by atoms with Crippen LogP contribution in [0.15, 0.2) is 0 Å². The summed E-state index contributed by atoms with van der Waals surface area (Å²) in [7, 11) is 0. The van der Waals surface area contributed by atoms with E-state index >= 15 is 0 Å². The number of β-amino-alcohol motifs (C(OH)–C–C–N with tert-alkyl or cyclic N) is 1. The van der Waals surface area contributed by atoms with E-state index in [4.69, 9.17) is 10.5 Å². The van der Waals surface area contributed by atoms with Crippen LogP contribution in [-0.4, -0.2) is 59.4 Å². The van der Waals surface area contributed by atoms with Crippen LogP contribution in [0.25, 0.3) is 0 Å². The lowest BCUT2D eigenvalue weighted by Crippen LogP contribution is -2.49. The quantitative estimate of drug-likeness (QED) is 0.623. The van der Waals surface area contributed by atoms with Crippen molar-refractivity contribution in [3.63, 3.8) is 0 Å². The molecule has 1 rings (SSSR count). The number of likely N-dealkylation sites (tertiary alicyclic amines) is 1. The number of hydrogen-bond acceptors (Lipinski definition) is 5. The summed E-state index contributed by atoms with van der Waals surface area (Å²) < 4.78 is 5.21. The molecule has 0 unspecified atom stereocenters. The second-order valence-corrected chi connectivity index (χ2v) is 6.71. The number of aliphatic hydroxyl groups excluding tert-OH is 1. The fourth-order valence-corrected chi connectivity index (χ4v) is 2.36. The Kier molecular flexibility index (Phi) is 7.09. The van der Waals surface area contributed by atoms with Crippen molar-refractivity contribution in [2.45, 2.75) is 64.2 Å². The molecule has 1 aliphatic heterocycles. The number of carbonyl (C=O) groups excluding carboxylic acids is 2. The third-order valence-corrected chi connectivity index (χ3v) is 3.41. The molecule has 0 aromatic carbocycles. The molecule has 0 saturated carbocycles. The highest BCUT2D eigenvalue weighted by molar-refractivity contribution is 5.86. The molecule has 22 heavy (non-hydrogen) atoms. The molecule has 1 heterocycles. The Morgan fingerprint density at radius 1 is 1.41 bits per heavy atom. The number of nitrogens with one attached hydrogen (secondary N) is 1. The van der Waals surface area contributed by atoms with Crippen LogP contribution in [0.1, 0.15) is 46.5 Å². The van der Waals surface area contributed by atoms with Crippen molar-refractivity contribution in [2.24, 2.45) is 5.73 Å². The van der Waals surface area contributed by atoms with E-state index in [0.29, 0.717) is 32.5 Å². The van der Waals surface area contributed by atoms with Gasteiger partial charge in [0.1, 0.15) is 11.6 Å². The highest BCUT2D eigenvalue weighted by atomic mass is 16.6. The highest BCUT2D eigenvalue weighted by Crippen LogP contribution is 2.14. The van der Waals surface area contributed by atoms with Crippen LogP contribution >= 0.6 is 0 Å². The number of aliphatic hydroxyl groups is 1. The van der Waals surface area contributed by atoms with Gasteiger partial charge in [0.05, 0.1) is 6.10 Å². The van der Waals surface area contributed by atoms with Crippen LogP contribution in [0.5, 0.6) is 0 Å². The standard InChI is InChI=1S/C15H29N3O4/c1-15(2,3)22-14(21)17-12(6-4-5-8-16)13(20)18-9-7-11(19)10-18/h11-12,19H,4-10,16H2,1-3H3,(H,17,21)/t11-,12+/m1/s1. The topological polar surface area (TPSA) is 105 Å². The fraction of sp³-hybridized carbons (Fsp3) is 0.867. The maximum Gasteiger partial charge on any atom is 0.408 e. The maximum atomic E-state index is 12.5. The summed E-state index contributed by atoms with van der Waals surface area (Å²) in [5.41, 5.74) is 4.86. The normalized spacial score (nSPS) is 19.9. The minimum atomic E-state index is -0.633. The van der Waals surface area contributed by atoms with Gasteiger partial charge < -0.3 is 25.8 Å². The molecule has 1 saturated heterocycles. The van der Waals surface area contributed by atoms with Crippen LogP contribution in [-0.2, 0) is 9.53 Å². The van der Waals surface area contributed by atoms with Crippen molar-refractivity contribution in [3.8, 4) is 0 Å². The van der Waals surface area contributed by atoms with E-state index in [1.165, 1.54) is 0 Å². The van der Waals surface area contributed by atoms with Crippen LogP contribution in [0.3, 0.4) is 0 Å². The summed E-state index contributed by atoms with van der Waals surface area (Å²) in [6.45, 7) is 6.71. The van der Waals surface area contributed by atoms with Gasteiger partial charge in [-0.15, -0.1) is 0 Å². The van der Waals surface area contributed by atoms with Crippen molar-refractivity contribution >= 4 is 12.0 Å². The largest absolute Gasteiger partial charge is 0.444 e. The molecule has 0 radical (unpaired) electrons. The summed E-state index contributed by atoms with van der Waals surface area (Å²) in [6, 6.07) is -0.633. The summed E-state index contributed by atoms with van der Waals surface area (Å²) in [4.78, 5) is 26.0. The predicted molar refractivity (Wildman–Crippen MR) is 83.3 cm³/mol. The van der Waals surface area contributed by atoms with Crippen LogP contribution < -0.4 is 11.1 Å². The van der Waals surface area contributed by atoms with E-state index < -0.39 is 23.8 Å². The number of unbranched alkanes of at least 4 members (excludes halogenated alkanes) is 1. The predicted octanol–water partition coefficient (Wildman–Crippen LogP) is 0.602. The molecule has 7 nitrogen and oxygen atoms in total. The number of rotatable bonds is 6. The molecule has 7 heteroatoms. The summed E-state index contributed by atoms with van der Waals surface area (Å²) in [5, 5.41) is 12.2. The monoisotopic (exact) mass is 315 g/mol. The SMILES string of the molecule is CC(C)(C)OC(=O)N[C@@H](CCCCN)C(=O)N1CC[C@@H](O)C1. The molecule has 128 valence electrons. The molecule has 0 bridgehead atoms. The maximum absolute atomic E-state index is 12.5. The van der Waals surface area contributed by atoms with Crippen molar-refractivity contribution in [3.05, 3.63) is 0 Å². The average Bonchev–Trinajstić information content (AvgIpc) is 2.81. The lowest BCUT2D eigenvalue weighted by molar-refractivity contribution is -0.133. The lowest BCUT2D eigenvalue weighted by Gasteiger charge is -2.26. The van der Waals surface area contributed by atoms with Crippen LogP contribution in [0, 0.1) is 0 Å². The molecular weight excluding hydrogens is 286 g/mol. The van der Waals surface area contributed by atoms with E-state index in [-0.39, 0.29) is 5.91 Å². The molecule has 0 aliphatic carbocycles.